The van der Waals surface area contributed by atoms with Gasteiger partial charge in [0.2, 0.25) is 0 Å². The first kappa shape index (κ1) is 13.2. The van der Waals surface area contributed by atoms with Crippen molar-refractivity contribution in [3.05, 3.63) is 34.6 Å². The molecule has 0 aliphatic heterocycles. The predicted molar refractivity (Wildman–Crippen MR) is 66.9 cm³/mol. The van der Waals surface area contributed by atoms with Crippen molar-refractivity contribution >= 4 is 0 Å². The van der Waals surface area contributed by atoms with Gasteiger partial charge in [0.1, 0.15) is 5.82 Å². The normalized spacial score (nSPS) is 14.9. The Balaban J connectivity index is 3.03. The quantitative estimate of drug-likeness (QED) is 0.823. The average molecular weight is 223 g/mol. The number of nitrogens with two attached hydrogens (primary N) is 1. The molecule has 2 heteroatoms. The Morgan fingerprint density at radius 3 is 2.19 bits per heavy atom. The van der Waals surface area contributed by atoms with Gasteiger partial charge in [-0.2, -0.15) is 0 Å². The molecular weight excluding hydrogens is 201 g/mol. The van der Waals surface area contributed by atoms with Gasteiger partial charge in [0.15, 0.2) is 0 Å². The minimum atomic E-state index is -0.172. The maximum absolute atomic E-state index is 13.2. The van der Waals surface area contributed by atoms with Crippen LogP contribution in [-0.4, -0.2) is 0 Å². The molecule has 1 aromatic carbocycles. The fourth-order valence-electron chi connectivity index (χ4n) is 2.37. The number of hydrogen-bond acceptors (Lipinski definition) is 1. The minimum Gasteiger partial charge on any atom is -0.324 e. The van der Waals surface area contributed by atoms with Crippen LogP contribution in [0.25, 0.3) is 0 Å². The molecule has 2 N–H and O–H groups in total. The molecule has 2 atom stereocenters. The summed E-state index contributed by atoms with van der Waals surface area (Å²) in [6.07, 6.45) is 2.24. The van der Waals surface area contributed by atoms with E-state index < -0.39 is 0 Å². The van der Waals surface area contributed by atoms with Crippen LogP contribution in [-0.2, 0) is 0 Å². The number of aryl methyl sites for hydroxylation is 2. The number of rotatable bonds is 4. The Morgan fingerprint density at radius 1 is 1.25 bits per heavy atom. The van der Waals surface area contributed by atoms with E-state index in [9.17, 15) is 4.39 Å². The minimum absolute atomic E-state index is 0.0144. The summed E-state index contributed by atoms with van der Waals surface area (Å²) in [5, 5.41) is 0. The van der Waals surface area contributed by atoms with Gasteiger partial charge in [-0.25, -0.2) is 4.39 Å². The summed E-state index contributed by atoms with van der Waals surface area (Å²) in [6.45, 7) is 8.19. The standard InChI is InChI=1S/C14H22FN/c1-5-6-9(2)14(16)13-10(3)7-12(15)8-11(13)4/h7-9,14H,5-6,16H2,1-4H3. The lowest BCUT2D eigenvalue weighted by Crippen LogP contribution is -2.21. The Labute approximate surface area is 97.9 Å². The zero-order valence-corrected chi connectivity index (χ0v) is 10.7. The van der Waals surface area contributed by atoms with E-state index in [0.717, 1.165) is 29.5 Å². The lowest BCUT2D eigenvalue weighted by molar-refractivity contribution is 0.430. The van der Waals surface area contributed by atoms with E-state index in [1.165, 1.54) is 0 Å². The summed E-state index contributed by atoms with van der Waals surface area (Å²) in [5.74, 6) is 0.266. The molecule has 0 saturated heterocycles. The van der Waals surface area contributed by atoms with Gasteiger partial charge in [-0.05, 0) is 55.0 Å². The molecule has 0 saturated carbocycles. The van der Waals surface area contributed by atoms with Crippen molar-refractivity contribution in [1.82, 2.24) is 0 Å². The topological polar surface area (TPSA) is 26.0 Å². The second-order valence-electron chi connectivity index (χ2n) is 4.75. The molecule has 0 radical (unpaired) electrons. The molecular formula is C14H22FN. The largest absolute Gasteiger partial charge is 0.324 e. The van der Waals surface area contributed by atoms with Gasteiger partial charge in [0.25, 0.3) is 0 Å². The molecule has 1 aromatic rings. The van der Waals surface area contributed by atoms with E-state index >= 15 is 0 Å². The third-order valence-electron chi connectivity index (χ3n) is 3.25. The fraction of sp³-hybridized carbons (Fsp3) is 0.571. The second kappa shape index (κ2) is 5.44. The van der Waals surface area contributed by atoms with E-state index in [-0.39, 0.29) is 11.9 Å². The van der Waals surface area contributed by atoms with E-state index in [0.29, 0.717) is 5.92 Å². The summed E-state index contributed by atoms with van der Waals surface area (Å²) in [5.41, 5.74) is 9.30. The SMILES string of the molecule is CCCC(C)C(N)c1c(C)cc(F)cc1C. The van der Waals surface area contributed by atoms with Crippen molar-refractivity contribution in [2.75, 3.05) is 0 Å². The van der Waals surface area contributed by atoms with Crippen molar-refractivity contribution in [3.63, 3.8) is 0 Å². The van der Waals surface area contributed by atoms with Crippen LogP contribution in [0.3, 0.4) is 0 Å². The molecule has 90 valence electrons. The van der Waals surface area contributed by atoms with Gasteiger partial charge in [0, 0.05) is 6.04 Å². The summed E-state index contributed by atoms with van der Waals surface area (Å²) in [4.78, 5) is 0. The highest BCUT2D eigenvalue weighted by molar-refractivity contribution is 5.37. The first-order valence-corrected chi connectivity index (χ1v) is 5.99. The van der Waals surface area contributed by atoms with Crippen LogP contribution < -0.4 is 5.73 Å². The lowest BCUT2D eigenvalue weighted by Gasteiger charge is -2.23. The molecule has 0 aliphatic carbocycles. The monoisotopic (exact) mass is 223 g/mol. The predicted octanol–water partition coefficient (Wildman–Crippen LogP) is 3.88. The molecule has 0 fully saturated rings. The van der Waals surface area contributed by atoms with Crippen molar-refractivity contribution in [2.24, 2.45) is 11.7 Å². The van der Waals surface area contributed by atoms with Crippen molar-refractivity contribution in [2.45, 2.75) is 46.6 Å². The van der Waals surface area contributed by atoms with E-state index in [1.54, 1.807) is 12.1 Å². The molecule has 16 heavy (non-hydrogen) atoms. The zero-order valence-electron chi connectivity index (χ0n) is 10.7. The summed E-state index contributed by atoms with van der Waals surface area (Å²) in [7, 11) is 0. The molecule has 0 aromatic heterocycles. The average Bonchev–Trinajstić information content (AvgIpc) is 2.16. The molecule has 1 nitrogen and oxygen atoms in total. The van der Waals surface area contributed by atoms with Gasteiger partial charge in [0.05, 0.1) is 0 Å². The molecule has 2 unspecified atom stereocenters. The van der Waals surface area contributed by atoms with Gasteiger partial charge in [-0.1, -0.05) is 20.3 Å². The maximum Gasteiger partial charge on any atom is 0.123 e. The van der Waals surface area contributed by atoms with Crippen LogP contribution in [0, 0.1) is 25.6 Å². The van der Waals surface area contributed by atoms with Crippen LogP contribution in [0.5, 0.6) is 0 Å². The smallest absolute Gasteiger partial charge is 0.123 e. The van der Waals surface area contributed by atoms with Crippen LogP contribution in [0.15, 0.2) is 12.1 Å². The van der Waals surface area contributed by atoms with Crippen molar-refractivity contribution in [1.29, 1.82) is 0 Å². The summed E-state index contributed by atoms with van der Waals surface area (Å²) in [6, 6.07) is 3.15. The summed E-state index contributed by atoms with van der Waals surface area (Å²) < 4.78 is 13.2. The number of benzene rings is 1. The Kier molecular flexibility index (Phi) is 4.48. The Bertz CT molecular complexity index is 337. The van der Waals surface area contributed by atoms with Crippen LogP contribution in [0.2, 0.25) is 0 Å². The van der Waals surface area contributed by atoms with Gasteiger partial charge in [-0.15, -0.1) is 0 Å². The van der Waals surface area contributed by atoms with Crippen molar-refractivity contribution < 1.29 is 4.39 Å². The maximum atomic E-state index is 13.2. The first-order valence-electron chi connectivity index (χ1n) is 5.99. The van der Waals surface area contributed by atoms with E-state index in [4.69, 9.17) is 5.73 Å². The molecule has 0 aliphatic rings. The Hall–Kier alpha value is -0.890. The van der Waals surface area contributed by atoms with Crippen LogP contribution in [0.1, 0.15) is 49.4 Å². The molecule has 0 amide bonds. The van der Waals surface area contributed by atoms with Gasteiger partial charge in [-0.3, -0.25) is 0 Å². The molecule has 0 heterocycles. The van der Waals surface area contributed by atoms with E-state index in [1.807, 2.05) is 13.8 Å². The van der Waals surface area contributed by atoms with Gasteiger partial charge < -0.3 is 5.73 Å². The highest BCUT2D eigenvalue weighted by Gasteiger charge is 2.18. The third kappa shape index (κ3) is 2.82. The highest BCUT2D eigenvalue weighted by Crippen LogP contribution is 2.28. The summed E-state index contributed by atoms with van der Waals surface area (Å²) >= 11 is 0. The van der Waals surface area contributed by atoms with Gasteiger partial charge >= 0.3 is 0 Å². The second-order valence-corrected chi connectivity index (χ2v) is 4.75. The van der Waals surface area contributed by atoms with Crippen LogP contribution >= 0.6 is 0 Å². The highest BCUT2D eigenvalue weighted by atomic mass is 19.1. The molecule has 1 rings (SSSR count). The van der Waals surface area contributed by atoms with E-state index in [2.05, 4.69) is 13.8 Å². The Morgan fingerprint density at radius 2 is 1.75 bits per heavy atom. The van der Waals surface area contributed by atoms with Crippen LogP contribution in [0.4, 0.5) is 4.39 Å². The number of halogens is 1. The fourth-order valence-corrected chi connectivity index (χ4v) is 2.37. The van der Waals surface area contributed by atoms with Crippen molar-refractivity contribution in [3.8, 4) is 0 Å². The first-order chi connectivity index (χ1) is 7.47. The molecule has 0 spiro atoms. The number of hydrogen-bond donors (Lipinski definition) is 1. The lowest BCUT2D eigenvalue weighted by atomic mass is 9.87. The third-order valence-corrected chi connectivity index (χ3v) is 3.25. The molecule has 0 bridgehead atoms. The zero-order chi connectivity index (χ0) is 12.3.